The van der Waals surface area contributed by atoms with Gasteiger partial charge in [-0.2, -0.15) is 0 Å². The monoisotopic (exact) mass is 351 g/mol. The van der Waals surface area contributed by atoms with E-state index >= 15 is 0 Å². The number of hydrogen-bond donors (Lipinski definition) is 1. The molecule has 23 heavy (non-hydrogen) atoms. The number of benzene rings is 2. The highest BCUT2D eigenvalue weighted by Crippen LogP contribution is 2.27. The SMILES string of the molecule is CC[C@H](C)c1ccc(NC(=O)COc2ccc(Cl)cc2Cl)cc1. The molecule has 0 heterocycles. The predicted octanol–water partition coefficient (Wildman–Crippen LogP) is 5.52. The van der Waals surface area contributed by atoms with Crippen LogP contribution in [-0.4, -0.2) is 12.5 Å². The van der Waals surface area contributed by atoms with Gasteiger partial charge < -0.3 is 10.1 Å². The minimum absolute atomic E-state index is 0.117. The lowest BCUT2D eigenvalue weighted by atomic mass is 9.99. The van der Waals surface area contributed by atoms with Gasteiger partial charge in [0.1, 0.15) is 5.75 Å². The Bertz CT molecular complexity index is 671. The highest BCUT2D eigenvalue weighted by atomic mass is 35.5. The number of rotatable bonds is 6. The second-order valence-electron chi connectivity index (χ2n) is 5.34. The molecular weight excluding hydrogens is 333 g/mol. The maximum absolute atomic E-state index is 11.9. The molecule has 0 saturated heterocycles. The lowest BCUT2D eigenvalue weighted by Crippen LogP contribution is -2.20. The summed E-state index contributed by atoms with van der Waals surface area (Å²) in [6, 6.07) is 12.7. The minimum Gasteiger partial charge on any atom is -0.482 e. The van der Waals surface area contributed by atoms with Crippen molar-refractivity contribution in [3.63, 3.8) is 0 Å². The van der Waals surface area contributed by atoms with Crippen LogP contribution in [0.4, 0.5) is 5.69 Å². The van der Waals surface area contributed by atoms with Gasteiger partial charge in [-0.3, -0.25) is 4.79 Å². The minimum atomic E-state index is -0.243. The van der Waals surface area contributed by atoms with Crippen molar-refractivity contribution in [3.05, 3.63) is 58.1 Å². The molecule has 0 radical (unpaired) electrons. The highest BCUT2D eigenvalue weighted by molar-refractivity contribution is 6.35. The van der Waals surface area contributed by atoms with Crippen molar-refractivity contribution >= 4 is 34.8 Å². The van der Waals surface area contributed by atoms with Crippen molar-refractivity contribution in [1.29, 1.82) is 0 Å². The number of nitrogens with one attached hydrogen (secondary N) is 1. The molecule has 0 spiro atoms. The van der Waals surface area contributed by atoms with Crippen LogP contribution in [0.25, 0.3) is 0 Å². The van der Waals surface area contributed by atoms with Gasteiger partial charge in [0, 0.05) is 10.7 Å². The summed E-state index contributed by atoms with van der Waals surface area (Å²) in [5.74, 6) is 0.695. The molecule has 5 heteroatoms. The quantitative estimate of drug-likeness (QED) is 0.743. The first-order valence-electron chi connectivity index (χ1n) is 7.47. The van der Waals surface area contributed by atoms with Crippen molar-refractivity contribution in [2.24, 2.45) is 0 Å². The molecule has 3 nitrogen and oxygen atoms in total. The van der Waals surface area contributed by atoms with Crippen LogP contribution in [0, 0.1) is 0 Å². The van der Waals surface area contributed by atoms with Crippen LogP contribution in [0.5, 0.6) is 5.75 Å². The van der Waals surface area contributed by atoms with Crippen molar-refractivity contribution in [2.75, 3.05) is 11.9 Å². The van der Waals surface area contributed by atoms with Crippen LogP contribution in [0.1, 0.15) is 31.7 Å². The van der Waals surface area contributed by atoms with E-state index in [0.717, 1.165) is 12.1 Å². The Hall–Kier alpha value is -1.71. The Morgan fingerprint density at radius 3 is 2.48 bits per heavy atom. The van der Waals surface area contributed by atoms with Gasteiger partial charge >= 0.3 is 0 Å². The normalized spacial score (nSPS) is 11.8. The van der Waals surface area contributed by atoms with E-state index in [0.29, 0.717) is 21.7 Å². The first-order valence-corrected chi connectivity index (χ1v) is 8.23. The smallest absolute Gasteiger partial charge is 0.262 e. The van der Waals surface area contributed by atoms with Gasteiger partial charge in [-0.1, -0.05) is 49.2 Å². The Morgan fingerprint density at radius 2 is 1.87 bits per heavy atom. The second-order valence-corrected chi connectivity index (χ2v) is 6.19. The molecule has 122 valence electrons. The number of amides is 1. The topological polar surface area (TPSA) is 38.3 Å². The third-order valence-corrected chi connectivity index (χ3v) is 4.16. The molecule has 0 bridgehead atoms. The van der Waals surface area contributed by atoms with Gasteiger partial charge in [-0.25, -0.2) is 0 Å². The molecule has 2 aromatic carbocycles. The largest absolute Gasteiger partial charge is 0.482 e. The lowest BCUT2D eigenvalue weighted by molar-refractivity contribution is -0.118. The molecule has 0 aliphatic heterocycles. The number of halogens is 2. The molecule has 1 amide bonds. The maximum Gasteiger partial charge on any atom is 0.262 e. The average molecular weight is 352 g/mol. The summed E-state index contributed by atoms with van der Waals surface area (Å²) >= 11 is 11.8. The summed E-state index contributed by atoms with van der Waals surface area (Å²) in [6.45, 7) is 4.21. The standard InChI is InChI=1S/C18H19Cl2NO2/c1-3-12(2)13-4-7-15(8-5-13)21-18(22)11-23-17-9-6-14(19)10-16(17)20/h4-10,12H,3,11H2,1-2H3,(H,21,22)/t12-/m0/s1. The summed E-state index contributed by atoms with van der Waals surface area (Å²) < 4.78 is 5.40. The number of anilines is 1. The van der Waals surface area contributed by atoms with Crippen LogP contribution in [-0.2, 0) is 4.79 Å². The second kappa shape index (κ2) is 8.23. The van der Waals surface area contributed by atoms with E-state index in [2.05, 4.69) is 19.2 Å². The Morgan fingerprint density at radius 1 is 1.17 bits per heavy atom. The van der Waals surface area contributed by atoms with Crippen LogP contribution in [0.15, 0.2) is 42.5 Å². The Kier molecular flexibility index (Phi) is 6.31. The van der Waals surface area contributed by atoms with Crippen LogP contribution in [0.2, 0.25) is 10.0 Å². The summed E-state index contributed by atoms with van der Waals surface area (Å²) in [6.07, 6.45) is 1.08. The highest BCUT2D eigenvalue weighted by Gasteiger charge is 2.08. The summed E-state index contributed by atoms with van der Waals surface area (Å²) in [7, 11) is 0. The van der Waals surface area contributed by atoms with Crippen LogP contribution >= 0.6 is 23.2 Å². The van der Waals surface area contributed by atoms with Gasteiger partial charge in [0.2, 0.25) is 0 Å². The molecule has 0 aromatic heterocycles. The molecule has 0 saturated carbocycles. The van der Waals surface area contributed by atoms with Gasteiger partial charge in [0.15, 0.2) is 6.61 Å². The molecule has 2 rings (SSSR count). The molecule has 0 aliphatic carbocycles. The molecule has 1 atom stereocenters. The van der Waals surface area contributed by atoms with Crippen molar-refractivity contribution in [1.82, 2.24) is 0 Å². The van der Waals surface area contributed by atoms with Gasteiger partial charge in [0.05, 0.1) is 5.02 Å². The zero-order chi connectivity index (χ0) is 16.8. The van der Waals surface area contributed by atoms with Crippen LogP contribution in [0.3, 0.4) is 0 Å². The van der Waals surface area contributed by atoms with E-state index in [4.69, 9.17) is 27.9 Å². The summed E-state index contributed by atoms with van der Waals surface area (Å²) in [5.41, 5.74) is 2.00. The molecular formula is C18H19Cl2NO2. The van der Waals surface area contributed by atoms with Crippen molar-refractivity contribution in [2.45, 2.75) is 26.2 Å². The van der Waals surface area contributed by atoms with Crippen molar-refractivity contribution < 1.29 is 9.53 Å². The number of ether oxygens (including phenoxy) is 1. The number of carbonyl (C=O) groups is 1. The predicted molar refractivity (Wildman–Crippen MR) is 95.7 cm³/mol. The van der Waals surface area contributed by atoms with E-state index in [1.54, 1.807) is 18.2 Å². The van der Waals surface area contributed by atoms with Gasteiger partial charge in [-0.15, -0.1) is 0 Å². The zero-order valence-electron chi connectivity index (χ0n) is 13.1. The summed E-state index contributed by atoms with van der Waals surface area (Å²) in [4.78, 5) is 11.9. The van der Waals surface area contributed by atoms with Crippen LogP contribution < -0.4 is 10.1 Å². The summed E-state index contributed by atoms with van der Waals surface area (Å²) in [5, 5.41) is 3.69. The lowest BCUT2D eigenvalue weighted by Gasteiger charge is -2.11. The van der Waals surface area contributed by atoms with Gasteiger partial charge in [-0.05, 0) is 48.2 Å². The molecule has 0 unspecified atom stereocenters. The maximum atomic E-state index is 11.9. The molecule has 0 fully saturated rings. The van der Waals surface area contributed by atoms with E-state index in [1.165, 1.54) is 5.56 Å². The fourth-order valence-electron chi connectivity index (χ4n) is 2.06. The van der Waals surface area contributed by atoms with Crippen molar-refractivity contribution in [3.8, 4) is 5.75 Å². The number of hydrogen-bond acceptors (Lipinski definition) is 2. The first-order chi connectivity index (χ1) is 11.0. The zero-order valence-corrected chi connectivity index (χ0v) is 14.6. The molecule has 2 aromatic rings. The third kappa shape index (κ3) is 5.15. The average Bonchev–Trinajstić information content (AvgIpc) is 2.54. The Balaban J connectivity index is 1.89. The first kappa shape index (κ1) is 17.6. The van der Waals surface area contributed by atoms with E-state index in [9.17, 15) is 4.79 Å². The van der Waals surface area contributed by atoms with Gasteiger partial charge in [0.25, 0.3) is 5.91 Å². The number of carbonyl (C=O) groups excluding carboxylic acids is 1. The fraction of sp³-hybridized carbons (Fsp3) is 0.278. The Labute approximate surface area is 146 Å². The fourth-order valence-corrected chi connectivity index (χ4v) is 2.53. The van der Waals surface area contributed by atoms with E-state index in [-0.39, 0.29) is 12.5 Å². The van der Waals surface area contributed by atoms with E-state index in [1.807, 2.05) is 24.3 Å². The molecule has 1 N–H and O–H groups in total. The third-order valence-electron chi connectivity index (χ3n) is 3.63. The van der Waals surface area contributed by atoms with E-state index < -0.39 is 0 Å². The molecule has 0 aliphatic rings.